The van der Waals surface area contributed by atoms with E-state index in [9.17, 15) is 0 Å². The fraction of sp³-hybridized carbons (Fsp3) is 0.765. The Morgan fingerprint density at radius 2 is 1.09 bits per heavy atom. The van der Waals surface area contributed by atoms with E-state index in [2.05, 4.69) is 94.0 Å². The summed E-state index contributed by atoms with van der Waals surface area (Å²) >= 11 is 1.88. The number of allylic oxidation sites excluding steroid dienone is 4. The van der Waals surface area contributed by atoms with E-state index in [4.69, 9.17) is 0 Å². The molecular formula is C34H68S. The predicted molar refractivity (Wildman–Crippen MR) is 173 cm³/mol. The molecule has 0 saturated heterocycles. The zero-order valence-corrected chi connectivity index (χ0v) is 27.7. The molecule has 0 amide bonds. The number of hydrogen-bond acceptors (Lipinski definition) is 1. The molecule has 0 N–H and O–H groups in total. The highest BCUT2D eigenvalue weighted by atomic mass is 32.2. The fourth-order valence-electron chi connectivity index (χ4n) is 4.69. The molecule has 2 fully saturated rings. The Morgan fingerprint density at radius 3 is 1.31 bits per heavy atom. The zero-order valence-electron chi connectivity index (χ0n) is 26.8. The molecule has 2 aliphatic rings. The van der Waals surface area contributed by atoms with Gasteiger partial charge in [-0.1, -0.05) is 106 Å². The Kier molecular flexibility index (Phi) is 31.2. The van der Waals surface area contributed by atoms with Gasteiger partial charge >= 0.3 is 0 Å². The molecule has 1 heteroatoms. The molecule has 0 bridgehead atoms. The number of thioether (sulfide) groups is 1. The molecule has 0 aromatic rings. The van der Waals surface area contributed by atoms with Crippen molar-refractivity contribution >= 4 is 11.8 Å². The maximum Gasteiger partial charge on any atom is -0.00125 e. The van der Waals surface area contributed by atoms with Gasteiger partial charge in [0.15, 0.2) is 0 Å². The van der Waals surface area contributed by atoms with Crippen molar-refractivity contribution in [2.45, 2.75) is 121 Å². The standard InChI is InChI=1S/C19H30.C4H10S.C4H10.C3H6.2C2H6/c1-7-15-9-17(11-19(15)13(4)5)16-8-14(6)18(10-16)12(2)3;1-4(2)5-3;1-4(2)3;1-3-2;2*1-2/h7,14-19H,1-2,4,8-11H2,3,5-6H3;4H,1-3H3;4H,1-3H3;3H,1H2,2H3;2*1-2H3. The highest BCUT2D eigenvalue weighted by Gasteiger charge is 2.41. The summed E-state index contributed by atoms with van der Waals surface area (Å²) in [6.45, 7) is 43.4. The van der Waals surface area contributed by atoms with Crippen LogP contribution in [0.5, 0.6) is 0 Å². The van der Waals surface area contributed by atoms with Crippen molar-refractivity contribution in [1.29, 1.82) is 0 Å². The minimum absolute atomic E-state index is 0.668. The summed E-state index contributed by atoms with van der Waals surface area (Å²) in [5.74, 6) is 5.56. The lowest BCUT2D eigenvalue weighted by molar-refractivity contribution is 0.328. The van der Waals surface area contributed by atoms with Gasteiger partial charge in [0.25, 0.3) is 0 Å². The molecule has 0 aliphatic heterocycles. The summed E-state index contributed by atoms with van der Waals surface area (Å²) in [5, 5.41) is 0.801. The quantitative estimate of drug-likeness (QED) is 0.333. The molecule has 0 spiro atoms. The van der Waals surface area contributed by atoms with Crippen LogP contribution >= 0.6 is 11.8 Å². The monoisotopic (exact) mass is 509 g/mol. The topological polar surface area (TPSA) is 0 Å². The average molecular weight is 509 g/mol. The molecule has 210 valence electrons. The smallest absolute Gasteiger partial charge is 0.00125 e. The zero-order chi connectivity index (χ0) is 28.7. The van der Waals surface area contributed by atoms with Crippen LogP contribution in [-0.4, -0.2) is 11.5 Å². The number of rotatable bonds is 5. The van der Waals surface area contributed by atoms with Crippen LogP contribution in [0.3, 0.4) is 0 Å². The van der Waals surface area contributed by atoms with Gasteiger partial charge in [0.05, 0.1) is 0 Å². The van der Waals surface area contributed by atoms with Crippen LogP contribution in [0.25, 0.3) is 0 Å². The van der Waals surface area contributed by atoms with Crippen LogP contribution in [0, 0.1) is 41.4 Å². The summed E-state index contributed by atoms with van der Waals surface area (Å²) in [5.41, 5.74) is 2.75. The predicted octanol–water partition coefficient (Wildman–Crippen LogP) is 12.3. The van der Waals surface area contributed by atoms with Gasteiger partial charge in [-0.25, -0.2) is 0 Å². The first-order valence-electron chi connectivity index (χ1n) is 14.4. The van der Waals surface area contributed by atoms with Gasteiger partial charge in [0.1, 0.15) is 0 Å². The Balaban J connectivity index is -0.000000248. The molecule has 0 aromatic carbocycles. The first kappa shape index (κ1) is 41.4. The van der Waals surface area contributed by atoms with E-state index in [-0.39, 0.29) is 0 Å². The van der Waals surface area contributed by atoms with Gasteiger partial charge in [-0.05, 0) is 99.4 Å². The molecule has 0 nitrogen and oxygen atoms in total. The molecular weight excluding hydrogens is 440 g/mol. The highest BCUT2D eigenvalue weighted by molar-refractivity contribution is 7.99. The maximum atomic E-state index is 4.19. The van der Waals surface area contributed by atoms with E-state index in [0.717, 1.165) is 34.8 Å². The van der Waals surface area contributed by atoms with Crippen LogP contribution in [0.2, 0.25) is 0 Å². The van der Waals surface area contributed by atoms with Gasteiger partial charge in [-0.3, -0.25) is 0 Å². The van der Waals surface area contributed by atoms with Gasteiger partial charge < -0.3 is 0 Å². The second kappa shape index (κ2) is 26.4. The van der Waals surface area contributed by atoms with Gasteiger partial charge in [0.2, 0.25) is 0 Å². The molecule has 35 heavy (non-hydrogen) atoms. The maximum absolute atomic E-state index is 4.19. The Labute approximate surface area is 229 Å². The van der Waals surface area contributed by atoms with Crippen molar-refractivity contribution in [3.63, 3.8) is 0 Å². The van der Waals surface area contributed by atoms with E-state index in [1.54, 1.807) is 6.08 Å². The highest BCUT2D eigenvalue weighted by Crippen LogP contribution is 2.51. The van der Waals surface area contributed by atoms with Crippen molar-refractivity contribution in [1.82, 2.24) is 0 Å². The largest absolute Gasteiger partial charge is 0.163 e. The van der Waals surface area contributed by atoms with E-state index >= 15 is 0 Å². The molecule has 2 aliphatic carbocycles. The van der Waals surface area contributed by atoms with Gasteiger partial charge in [0, 0.05) is 0 Å². The Hall–Kier alpha value is -0.690. The third-order valence-corrected chi connectivity index (χ3v) is 7.22. The lowest BCUT2D eigenvalue weighted by Gasteiger charge is -2.19. The second-order valence-electron chi connectivity index (χ2n) is 10.7. The van der Waals surface area contributed by atoms with Crippen molar-refractivity contribution in [2.75, 3.05) is 6.26 Å². The molecule has 2 rings (SSSR count). The fourth-order valence-corrected chi connectivity index (χ4v) is 4.69. The molecule has 2 saturated carbocycles. The SMILES string of the molecule is C=CC.C=CC1CC(C2CC(C)C(C(=C)C)C2)CC1C(=C)C.CC.CC.CC(C)C.CSC(C)C. The molecule has 0 heterocycles. The lowest BCUT2D eigenvalue weighted by Crippen LogP contribution is -2.09. The Morgan fingerprint density at radius 1 is 0.771 bits per heavy atom. The molecule has 0 radical (unpaired) electrons. The van der Waals surface area contributed by atoms with Crippen molar-refractivity contribution in [3.05, 3.63) is 49.6 Å². The van der Waals surface area contributed by atoms with Crippen LogP contribution in [0.15, 0.2) is 49.6 Å². The summed E-state index contributed by atoms with van der Waals surface area (Å²) in [6.07, 6.45) is 11.5. The normalized spacial score (nSPS) is 26.1. The van der Waals surface area contributed by atoms with Crippen LogP contribution in [0.4, 0.5) is 0 Å². The summed E-state index contributed by atoms with van der Waals surface area (Å²) in [6, 6.07) is 0. The van der Waals surface area contributed by atoms with Crippen molar-refractivity contribution in [2.24, 2.45) is 41.4 Å². The van der Waals surface area contributed by atoms with Crippen molar-refractivity contribution < 1.29 is 0 Å². The van der Waals surface area contributed by atoms with Gasteiger partial charge in [-0.15, -0.1) is 13.2 Å². The van der Waals surface area contributed by atoms with Gasteiger partial charge in [-0.2, -0.15) is 11.8 Å². The third kappa shape index (κ3) is 21.1. The van der Waals surface area contributed by atoms with Crippen molar-refractivity contribution in [3.8, 4) is 0 Å². The molecule has 0 aromatic heterocycles. The molecule has 6 atom stereocenters. The van der Waals surface area contributed by atoms with Crippen LogP contribution < -0.4 is 0 Å². The lowest BCUT2D eigenvalue weighted by atomic mass is 9.86. The van der Waals surface area contributed by atoms with E-state index in [0.29, 0.717) is 11.8 Å². The van der Waals surface area contributed by atoms with E-state index in [1.807, 2.05) is 46.4 Å². The molecule has 6 unspecified atom stereocenters. The summed E-state index contributed by atoms with van der Waals surface area (Å²) in [7, 11) is 0. The average Bonchev–Trinajstić information content (AvgIpc) is 3.41. The first-order valence-corrected chi connectivity index (χ1v) is 15.7. The third-order valence-electron chi connectivity index (χ3n) is 6.27. The number of hydrogen-bond donors (Lipinski definition) is 0. The van der Waals surface area contributed by atoms with Crippen LogP contribution in [0.1, 0.15) is 116 Å². The minimum Gasteiger partial charge on any atom is -0.163 e. The summed E-state index contributed by atoms with van der Waals surface area (Å²) < 4.78 is 0. The minimum atomic E-state index is 0.668. The Bertz CT molecular complexity index is 510. The second-order valence-corrected chi connectivity index (χ2v) is 12.1. The van der Waals surface area contributed by atoms with E-state index < -0.39 is 0 Å². The van der Waals surface area contributed by atoms with E-state index in [1.165, 1.54) is 36.8 Å². The first-order chi connectivity index (χ1) is 16.4. The summed E-state index contributed by atoms with van der Waals surface area (Å²) in [4.78, 5) is 0. The van der Waals surface area contributed by atoms with Crippen LogP contribution in [-0.2, 0) is 0 Å².